The van der Waals surface area contributed by atoms with Gasteiger partial charge in [0, 0.05) is 24.8 Å². The van der Waals surface area contributed by atoms with Crippen LogP contribution >= 0.6 is 0 Å². The van der Waals surface area contributed by atoms with Gasteiger partial charge in [-0.15, -0.1) is 0 Å². The molecule has 1 heterocycles. The summed E-state index contributed by atoms with van der Waals surface area (Å²) in [6.07, 6.45) is 0. The highest BCUT2D eigenvalue weighted by Crippen LogP contribution is 2.22. The van der Waals surface area contributed by atoms with Crippen molar-refractivity contribution in [1.29, 1.82) is 0 Å². The standard InChI is InChI=1S/C13H17FN4/c1-8-10(9(2)18(3)17-8)7-16-12-6-4-5-11(14)13(12)15/h4-6,16H,7,15H2,1-3H3. The molecule has 1 aromatic heterocycles. The topological polar surface area (TPSA) is 55.9 Å². The Morgan fingerprint density at radius 1 is 1.39 bits per heavy atom. The third-order valence-corrected chi connectivity index (χ3v) is 3.17. The minimum Gasteiger partial charge on any atom is -0.395 e. The molecule has 96 valence electrons. The van der Waals surface area contributed by atoms with Crippen molar-refractivity contribution in [2.24, 2.45) is 7.05 Å². The first kappa shape index (κ1) is 12.4. The summed E-state index contributed by atoms with van der Waals surface area (Å²) in [6, 6.07) is 4.75. The molecule has 0 radical (unpaired) electrons. The average molecular weight is 248 g/mol. The summed E-state index contributed by atoms with van der Waals surface area (Å²) in [5, 5.41) is 7.48. The first-order valence-corrected chi connectivity index (χ1v) is 5.77. The van der Waals surface area contributed by atoms with Crippen LogP contribution in [0.4, 0.5) is 15.8 Å². The number of hydrogen-bond acceptors (Lipinski definition) is 3. The fourth-order valence-corrected chi connectivity index (χ4v) is 1.95. The van der Waals surface area contributed by atoms with Crippen LogP contribution in [0, 0.1) is 19.7 Å². The van der Waals surface area contributed by atoms with Crippen molar-refractivity contribution < 1.29 is 4.39 Å². The first-order chi connectivity index (χ1) is 8.50. The lowest BCUT2D eigenvalue weighted by Crippen LogP contribution is -2.05. The number of nitrogens with zero attached hydrogens (tertiary/aromatic N) is 2. The number of hydrogen-bond donors (Lipinski definition) is 2. The SMILES string of the molecule is Cc1nn(C)c(C)c1CNc1cccc(F)c1N. The molecule has 0 aliphatic carbocycles. The van der Waals surface area contributed by atoms with Gasteiger partial charge in [0.1, 0.15) is 5.82 Å². The summed E-state index contributed by atoms with van der Waals surface area (Å²) in [7, 11) is 1.91. The Kier molecular flexibility index (Phi) is 3.23. The smallest absolute Gasteiger partial charge is 0.148 e. The van der Waals surface area contributed by atoms with E-state index >= 15 is 0 Å². The lowest BCUT2D eigenvalue weighted by molar-refractivity contribution is 0.633. The van der Waals surface area contributed by atoms with E-state index in [1.54, 1.807) is 12.1 Å². The highest BCUT2D eigenvalue weighted by Gasteiger charge is 2.10. The zero-order chi connectivity index (χ0) is 13.3. The molecule has 3 N–H and O–H groups in total. The van der Waals surface area contributed by atoms with Crippen LogP contribution in [0.5, 0.6) is 0 Å². The molecule has 0 aliphatic rings. The molecule has 0 aliphatic heterocycles. The number of benzene rings is 1. The maximum absolute atomic E-state index is 13.3. The van der Waals surface area contributed by atoms with E-state index in [1.807, 2.05) is 25.6 Å². The summed E-state index contributed by atoms with van der Waals surface area (Å²) < 4.78 is 15.1. The third kappa shape index (κ3) is 2.16. The minimum absolute atomic E-state index is 0.150. The molecular weight excluding hydrogens is 231 g/mol. The Balaban J connectivity index is 2.19. The van der Waals surface area contributed by atoms with E-state index in [2.05, 4.69) is 10.4 Å². The summed E-state index contributed by atoms with van der Waals surface area (Å²) in [5.74, 6) is -0.403. The van der Waals surface area contributed by atoms with Crippen molar-refractivity contribution in [3.63, 3.8) is 0 Å². The highest BCUT2D eigenvalue weighted by molar-refractivity contribution is 5.66. The molecule has 0 bridgehead atoms. The van der Waals surface area contributed by atoms with Crippen molar-refractivity contribution in [3.8, 4) is 0 Å². The van der Waals surface area contributed by atoms with Crippen LogP contribution < -0.4 is 11.1 Å². The minimum atomic E-state index is -0.403. The van der Waals surface area contributed by atoms with E-state index in [-0.39, 0.29) is 5.69 Å². The molecule has 4 nitrogen and oxygen atoms in total. The van der Waals surface area contributed by atoms with E-state index in [1.165, 1.54) is 6.07 Å². The van der Waals surface area contributed by atoms with Crippen LogP contribution in [0.15, 0.2) is 18.2 Å². The van der Waals surface area contributed by atoms with Gasteiger partial charge in [-0.2, -0.15) is 5.10 Å². The van der Waals surface area contributed by atoms with Crippen LogP contribution in [-0.2, 0) is 13.6 Å². The quantitative estimate of drug-likeness (QED) is 0.820. The van der Waals surface area contributed by atoms with Gasteiger partial charge in [0.05, 0.1) is 17.1 Å². The molecule has 18 heavy (non-hydrogen) atoms. The Labute approximate surface area is 106 Å². The molecule has 0 saturated carbocycles. The van der Waals surface area contributed by atoms with Crippen molar-refractivity contribution in [3.05, 3.63) is 41.0 Å². The van der Waals surface area contributed by atoms with Crippen LogP contribution in [0.2, 0.25) is 0 Å². The van der Waals surface area contributed by atoms with E-state index in [0.29, 0.717) is 12.2 Å². The van der Waals surface area contributed by atoms with Gasteiger partial charge < -0.3 is 11.1 Å². The fourth-order valence-electron chi connectivity index (χ4n) is 1.95. The molecule has 0 atom stereocenters. The van der Waals surface area contributed by atoms with Crippen LogP contribution in [-0.4, -0.2) is 9.78 Å². The Morgan fingerprint density at radius 2 is 2.11 bits per heavy atom. The fraction of sp³-hybridized carbons (Fsp3) is 0.308. The molecule has 0 fully saturated rings. The molecule has 0 saturated heterocycles. The largest absolute Gasteiger partial charge is 0.395 e. The molecule has 2 aromatic rings. The average Bonchev–Trinajstić information content (AvgIpc) is 2.56. The van der Waals surface area contributed by atoms with Crippen molar-refractivity contribution in [2.75, 3.05) is 11.1 Å². The molecule has 0 spiro atoms. The lowest BCUT2D eigenvalue weighted by atomic mass is 10.2. The number of nitrogens with one attached hydrogen (secondary N) is 1. The van der Waals surface area contributed by atoms with Crippen molar-refractivity contribution >= 4 is 11.4 Å². The highest BCUT2D eigenvalue weighted by atomic mass is 19.1. The molecule has 5 heteroatoms. The number of nitrogens with two attached hydrogens (primary N) is 1. The lowest BCUT2D eigenvalue weighted by Gasteiger charge is -2.10. The van der Waals surface area contributed by atoms with Gasteiger partial charge in [-0.05, 0) is 26.0 Å². The Hall–Kier alpha value is -2.04. The predicted molar refractivity (Wildman–Crippen MR) is 70.8 cm³/mol. The number of halogens is 1. The van der Waals surface area contributed by atoms with Gasteiger partial charge in [0.15, 0.2) is 0 Å². The zero-order valence-corrected chi connectivity index (χ0v) is 10.8. The molecule has 2 rings (SSSR count). The number of aryl methyl sites for hydroxylation is 2. The second-order valence-corrected chi connectivity index (χ2v) is 4.33. The third-order valence-electron chi connectivity index (χ3n) is 3.17. The second kappa shape index (κ2) is 4.68. The molecule has 0 amide bonds. The van der Waals surface area contributed by atoms with Crippen molar-refractivity contribution in [2.45, 2.75) is 20.4 Å². The van der Waals surface area contributed by atoms with E-state index in [9.17, 15) is 4.39 Å². The van der Waals surface area contributed by atoms with Gasteiger partial charge in [-0.1, -0.05) is 6.07 Å². The zero-order valence-electron chi connectivity index (χ0n) is 10.8. The monoisotopic (exact) mass is 248 g/mol. The van der Waals surface area contributed by atoms with Gasteiger partial charge in [0.25, 0.3) is 0 Å². The summed E-state index contributed by atoms with van der Waals surface area (Å²) in [6.45, 7) is 4.55. The number of aromatic nitrogens is 2. The summed E-state index contributed by atoms with van der Waals surface area (Å²) >= 11 is 0. The van der Waals surface area contributed by atoms with Gasteiger partial charge in [-0.3, -0.25) is 4.68 Å². The normalized spacial score (nSPS) is 10.7. The summed E-state index contributed by atoms with van der Waals surface area (Å²) in [4.78, 5) is 0. The number of anilines is 2. The van der Waals surface area contributed by atoms with E-state index in [0.717, 1.165) is 17.0 Å². The van der Waals surface area contributed by atoms with Gasteiger partial charge in [0.2, 0.25) is 0 Å². The summed E-state index contributed by atoms with van der Waals surface area (Å²) in [5.41, 5.74) is 9.60. The maximum Gasteiger partial charge on any atom is 0.148 e. The van der Waals surface area contributed by atoms with Gasteiger partial charge in [-0.25, -0.2) is 4.39 Å². The van der Waals surface area contributed by atoms with Gasteiger partial charge >= 0.3 is 0 Å². The molecule has 1 aromatic carbocycles. The molecular formula is C13H17FN4. The first-order valence-electron chi connectivity index (χ1n) is 5.77. The van der Waals surface area contributed by atoms with Crippen LogP contribution in [0.1, 0.15) is 17.0 Å². The number of para-hydroxylation sites is 1. The second-order valence-electron chi connectivity index (χ2n) is 4.33. The van der Waals surface area contributed by atoms with E-state index < -0.39 is 5.82 Å². The number of nitrogen functional groups attached to an aromatic ring is 1. The Bertz CT molecular complexity index is 575. The number of rotatable bonds is 3. The Morgan fingerprint density at radius 3 is 2.72 bits per heavy atom. The van der Waals surface area contributed by atoms with Crippen molar-refractivity contribution in [1.82, 2.24) is 9.78 Å². The van der Waals surface area contributed by atoms with Crippen LogP contribution in [0.3, 0.4) is 0 Å². The van der Waals surface area contributed by atoms with E-state index in [4.69, 9.17) is 5.73 Å². The predicted octanol–water partition coefficient (Wildman–Crippen LogP) is 2.37. The van der Waals surface area contributed by atoms with Crippen LogP contribution in [0.25, 0.3) is 0 Å². The maximum atomic E-state index is 13.3. The molecule has 0 unspecified atom stereocenters.